The van der Waals surface area contributed by atoms with E-state index in [1.54, 1.807) is 29.1 Å². The van der Waals surface area contributed by atoms with Gasteiger partial charge in [-0.2, -0.15) is 5.10 Å². The molecule has 1 amide bonds. The Labute approximate surface area is 120 Å². The van der Waals surface area contributed by atoms with Gasteiger partial charge in [0, 0.05) is 23.8 Å². The van der Waals surface area contributed by atoms with E-state index < -0.39 is 11.9 Å². The van der Waals surface area contributed by atoms with Crippen LogP contribution in [0.25, 0.3) is 0 Å². The van der Waals surface area contributed by atoms with E-state index in [1.807, 2.05) is 29.8 Å². The molecule has 0 radical (unpaired) electrons. The van der Waals surface area contributed by atoms with Crippen molar-refractivity contribution in [2.45, 2.75) is 13.0 Å². The molecule has 7 heteroatoms. The molecule has 0 saturated carbocycles. The molecule has 2 aromatic heterocycles. The fourth-order valence-electron chi connectivity index (χ4n) is 1.73. The summed E-state index contributed by atoms with van der Waals surface area (Å²) < 4.78 is 6.39. The van der Waals surface area contributed by atoms with Crippen LogP contribution in [-0.2, 0) is 14.3 Å². The molecule has 0 spiro atoms. The summed E-state index contributed by atoms with van der Waals surface area (Å²) in [7, 11) is 0. The van der Waals surface area contributed by atoms with Crippen LogP contribution in [0, 0.1) is 0 Å². The molecule has 0 aromatic carbocycles. The highest BCUT2D eigenvalue weighted by atomic mass is 32.1. The van der Waals surface area contributed by atoms with Crippen molar-refractivity contribution < 1.29 is 14.3 Å². The van der Waals surface area contributed by atoms with Crippen molar-refractivity contribution in [2.75, 3.05) is 13.2 Å². The first kappa shape index (κ1) is 14.3. The summed E-state index contributed by atoms with van der Waals surface area (Å²) in [5, 5.41) is 8.72. The molecule has 0 aliphatic carbocycles. The first-order chi connectivity index (χ1) is 9.72. The Kier molecular flexibility index (Phi) is 4.89. The van der Waals surface area contributed by atoms with Crippen LogP contribution in [0.3, 0.4) is 0 Å². The molecule has 106 valence electrons. The van der Waals surface area contributed by atoms with Crippen LogP contribution < -0.4 is 5.32 Å². The molecule has 1 atom stereocenters. The summed E-state index contributed by atoms with van der Waals surface area (Å²) in [6.07, 6.45) is 3.49. The average Bonchev–Trinajstić information content (AvgIpc) is 3.12. The van der Waals surface area contributed by atoms with Gasteiger partial charge in [-0.05, 0) is 24.4 Å². The number of thiophene rings is 1. The number of hydrogen-bond donors (Lipinski definition) is 1. The Morgan fingerprint density at radius 1 is 1.50 bits per heavy atom. The third-order valence-corrected chi connectivity index (χ3v) is 3.61. The summed E-state index contributed by atoms with van der Waals surface area (Å²) in [5.41, 5.74) is 0. The van der Waals surface area contributed by atoms with Gasteiger partial charge in [0.05, 0.1) is 6.61 Å². The molecule has 0 fully saturated rings. The normalized spacial score (nSPS) is 11.8. The molecule has 2 heterocycles. The minimum atomic E-state index is -0.863. The molecule has 0 saturated heterocycles. The largest absolute Gasteiger partial charge is 0.459 e. The SMILES string of the molecule is CCOC(=O)C(=O)NCC(c1cccs1)n1cccn1. The van der Waals surface area contributed by atoms with E-state index in [4.69, 9.17) is 0 Å². The molecular formula is C13H15N3O3S. The zero-order valence-corrected chi connectivity index (χ0v) is 11.8. The third kappa shape index (κ3) is 3.45. The third-order valence-electron chi connectivity index (χ3n) is 2.63. The van der Waals surface area contributed by atoms with Gasteiger partial charge in [0.25, 0.3) is 0 Å². The summed E-state index contributed by atoms with van der Waals surface area (Å²) in [6.45, 7) is 2.11. The van der Waals surface area contributed by atoms with Crippen molar-refractivity contribution in [3.63, 3.8) is 0 Å². The van der Waals surface area contributed by atoms with Gasteiger partial charge in [0.1, 0.15) is 6.04 Å². The van der Waals surface area contributed by atoms with E-state index in [-0.39, 0.29) is 19.2 Å². The highest BCUT2D eigenvalue weighted by Gasteiger charge is 2.20. The quantitative estimate of drug-likeness (QED) is 0.664. The lowest BCUT2D eigenvalue weighted by molar-refractivity contribution is -0.154. The van der Waals surface area contributed by atoms with Crippen molar-refractivity contribution in [1.29, 1.82) is 0 Å². The van der Waals surface area contributed by atoms with Crippen LogP contribution in [0.5, 0.6) is 0 Å². The lowest BCUT2D eigenvalue weighted by Crippen LogP contribution is -2.36. The lowest BCUT2D eigenvalue weighted by atomic mass is 10.2. The van der Waals surface area contributed by atoms with E-state index in [0.29, 0.717) is 0 Å². The van der Waals surface area contributed by atoms with Crippen molar-refractivity contribution in [1.82, 2.24) is 15.1 Å². The van der Waals surface area contributed by atoms with Crippen LogP contribution in [0.1, 0.15) is 17.8 Å². The Morgan fingerprint density at radius 3 is 2.95 bits per heavy atom. The number of carbonyl (C=O) groups excluding carboxylic acids is 2. The van der Waals surface area contributed by atoms with Gasteiger partial charge in [-0.3, -0.25) is 9.48 Å². The van der Waals surface area contributed by atoms with Gasteiger partial charge < -0.3 is 10.1 Å². The minimum absolute atomic E-state index is 0.136. The van der Waals surface area contributed by atoms with Gasteiger partial charge >= 0.3 is 11.9 Å². The molecule has 0 aliphatic rings. The predicted octanol–water partition coefficient (Wildman–Crippen LogP) is 1.21. The number of esters is 1. The van der Waals surface area contributed by atoms with Crippen LogP contribution in [-0.4, -0.2) is 34.8 Å². The Morgan fingerprint density at radius 2 is 2.35 bits per heavy atom. The van der Waals surface area contributed by atoms with E-state index in [9.17, 15) is 9.59 Å². The number of ether oxygens (including phenoxy) is 1. The second-order valence-electron chi connectivity index (χ2n) is 3.95. The van der Waals surface area contributed by atoms with Gasteiger partial charge in [0.2, 0.25) is 0 Å². The second-order valence-corrected chi connectivity index (χ2v) is 4.93. The van der Waals surface area contributed by atoms with E-state index in [1.165, 1.54) is 0 Å². The molecule has 0 bridgehead atoms. The highest BCUT2D eigenvalue weighted by Crippen LogP contribution is 2.21. The summed E-state index contributed by atoms with van der Waals surface area (Å²) in [5.74, 6) is -1.60. The number of rotatable bonds is 5. The van der Waals surface area contributed by atoms with Crippen molar-refractivity contribution in [2.24, 2.45) is 0 Å². The van der Waals surface area contributed by atoms with Crippen molar-refractivity contribution in [3.8, 4) is 0 Å². The monoisotopic (exact) mass is 293 g/mol. The second kappa shape index (κ2) is 6.85. The molecular weight excluding hydrogens is 278 g/mol. The fraction of sp³-hybridized carbons (Fsp3) is 0.308. The van der Waals surface area contributed by atoms with E-state index in [0.717, 1.165) is 4.88 Å². The molecule has 1 unspecified atom stereocenters. The fourth-order valence-corrected chi connectivity index (χ4v) is 2.55. The average molecular weight is 293 g/mol. The van der Waals surface area contributed by atoms with Crippen molar-refractivity contribution >= 4 is 23.2 Å². The van der Waals surface area contributed by atoms with Gasteiger partial charge in [-0.1, -0.05) is 6.07 Å². The number of nitrogens with one attached hydrogen (secondary N) is 1. The zero-order chi connectivity index (χ0) is 14.4. The first-order valence-electron chi connectivity index (χ1n) is 6.20. The van der Waals surface area contributed by atoms with Gasteiger partial charge in [0.15, 0.2) is 0 Å². The van der Waals surface area contributed by atoms with E-state index >= 15 is 0 Å². The maximum absolute atomic E-state index is 11.6. The van der Waals surface area contributed by atoms with Crippen molar-refractivity contribution in [3.05, 3.63) is 40.8 Å². The summed E-state index contributed by atoms with van der Waals surface area (Å²) in [4.78, 5) is 23.9. The van der Waals surface area contributed by atoms with Crippen LogP contribution in [0.4, 0.5) is 0 Å². The zero-order valence-electron chi connectivity index (χ0n) is 11.0. The number of nitrogens with zero attached hydrogens (tertiary/aromatic N) is 2. The molecule has 0 aliphatic heterocycles. The topological polar surface area (TPSA) is 73.2 Å². The van der Waals surface area contributed by atoms with Gasteiger partial charge in [-0.25, -0.2) is 4.79 Å². The number of carbonyl (C=O) groups is 2. The lowest BCUT2D eigenvalue weighted by Gasteiger charge is -2.16. The van der Waals surface area contributed by atoms with E-state index in [2.05, 4.69) is 15.2 Å². The van der Waals surface area contributed by atoms with Crippen LogP contribution in [0.2, 0.25) is 0 Å². The number of aromatic nitrogens is 2. The Balaban J connectivity index is 2.03. The molecule has 2 rings (SSSR count). The summed E-state index contributed by atoms with van der Waals surface area (Å²) in [6, 6.07) is 5.58. The van der Waals surface area contributed by atoms with Gasteiger partial charge in [-0.15, -0.1) is 11.3 Å². The highest BCUT2D eigenvalue weighted by molar-refractivity contribution is 7.10. The number of hydrogen-bond acceptors (Lipinski definition) is 5. The Bertz CT molecular complexity index is 517. The molecule has 20 heavy (non-hydrogen) atoms. The number of amides is 1. The maximum atomic E-state index is 11.6. The molecule has 2 aromatic rings. The maximum Gasteiger partial charge on any atom is 0.396 e. The molecule has 6 nitrogen and oxygen atoms in total. The van der Waals surface area contributed by atoms with Crippen LogP contribution in [0.15, 0.2) is 36.0 Å². The standard InChI is InChI=1S/C13H15N3O3S/c1-2-19-13(18)12(17)14-9-10(11-5-3-8-20-11)16-7-4-6-15-16/h3-8,10H,2,9H2,1H3,(H,14,17). The minimum Gasteiger partial charge on any atom is -0.459 e. The molecule has 1 N–H and O–H groups in total. The van der Waals surface area contributed by atoms with Crippen LogP contribution >= 0.6 is 11.3 Å². The smallest absolute Gasteiger partial charge is 0.396 e. The first-order valence-corrected chi connectivity index (χ1v) is 7.07. The summed E-state index contributed by atoms with van der Waals surface area (Å²) >= 11 is 1.57. The Hall–Kier alpha value is -2.15. The predicted molar refractivity (Wildman–Crippen MR) is 74.3 cm³/mol.